The second-order valence-corrected chi connectivity index (χ2v) is 14.4. The Kier molecular flexibility index (Phi) is 5.11. The van der Waals surface area contributed by atoms with Crippen LogP contribution in [0.15, 0.2) is 174 Å². The lowest BCUT2D eigenvalue weighted by Gasteiger charge is -2.16. The maximum absolute atomic E-state index is 6.85. The molecule has 0 saturated heterocycles. The van der Waals surface area contributed by atoms with Gasteiger partial charge in [-0.3, -0.25) is 0 Å². The van der Waals surface area contributed by atoms with Gasteiger partial charge in [0.2, 0.25) is 0 Å². The van der Waals surface area contributed by atoms with Gasteiger partial charge >= 0.3 is 0 Å². The molecule has 0 bridgehead atoms. The van der Waals surface area contributed by atoms with Gasteiger partial charge in [0.25, 0.3) is 0 Å². The molecule has 0 fully saturated rings. The summed E-state index contributed by atoms with van der Waals surface area (Å²) < 4.78 is 11.9. The molecule has 9 aromatic carbocycles. The van der Waals surface area contributed by atoms with Crippen molar-refractivity contribution in [3.8, 4) is 33.6 Å². The SMILES string of the molecule is c1ccc2c(c1)-c1cccc3c(-n4c5ccccc5c5ccc6c7ccc8c9ccccc9oc8c7n(-c7cccc8ccccc78)c6c54)ccc-2c13. The van der Waals surface area contributed by atoms with Crippen molar-refractivity contribution in [1.29, 1.82) is 0 Å². The standard InChI is InChI=1S/C50H28N2O/c1-2-13-30-29(11-1)12-9-21-42(30)52-48-38(39-25-26-40-34-17-6-8-22-45(34)53-50(40)49(39)52)24-23-37-33-16-5-7-20-43(33)51(47(37)48)44-28-27-36-32-15-4-3-14-31(32)35-18-10-19-41(44)46(35)36/h1-28H. The van der Waals surface area contributed by atoms with Crippen LogP contribution in [0, 0.1) is 0 Å². The summed E-state index contributed by atoms with van der Waals surface area (Å²) in [5.74, 6) is 0. The zero-order valence-electron chi connectivity index (χ0n) is 28.5. The van der Waals surface area contributed by atoms with E-state index in [4.69, 9.17) is 4.42 Å². The number of rotatable bonds is 2. The third kappa shape index (κ3) is 3.40. The van der Waals surface area contributed by atoms with Gasteiger partial charge in [-0.1, -0.05) is 140 Å². The Morgan fingerprint density at radius 1 is 0.321 bits per heavy atom. The van der Waals surface area contributed by atoms with Gasteiger partial charge < -0.3 is 13.6 Å². The van der Waals surface area contributed by atoms with E-state index in [1.54, 1.807) is 0 Å². The Labute approximate surface area is 303 Å². The van der Waals surface area contributed by atoms with Crippen molar-refractivity contribution in [2.45, 2.75) is 0 Å². The smallest absolute Gasteiger partial charge is 0.160 e. The molecule has 1 aliphatic carbocycles. The molecule has 13 rings (SSSR count). The highest BCUT2D eigenvalue weighted by Gasteiger charge is 2.27. The average Bonchev–Trinajstić information content (AvgIpc) is 3.95. The second kappa shape index (κ2) is 9.81. The molecule has 0 spiro atoms. The average molecular weight is 673 g/mol. The largest absolute Gasteiger partial charge is 0.454 e. The van der Waals surface area contributed by atoms with E-state index in [1.807, 2.05) is 0 Å². The quantitative estimate of drug-likeness (QED) is 0.179. The lowest BCUT2D eigenvalue weighted by atomic mass is 10.0. The summed E-state index contributed by atoms with van der Waals surface area (Å²) in [5.41, 5.74) is 14.0. The summed E-state index contributed by atoms with van der Waals surface area (Å²) in [5, 5.41) is 12.1. The van der Waals surface area contributed by atoms with E-state index in [9.17, 15) is 0 Å². The summed E-state index contributed by atoms with van der Waals surface area (Å²) in [6, 6.07) is 62.2. The number of para-hydroxylation sites is 2. The van der Waals surface area contributed by atoms with Gasteiger partial charge in [-0.2, -0.15) is 0 Å². The van der Waals surface area contributed by atoms with E-state index in [0.29, 0.717) is 0 Å². The molecule has 53 heavy (non-hydrogen) atoms. The molecule has 0 amide bonds. The first-order chi connectivity index (χ1) is 26.3. The fourth-order valence-corrected chi connectivity index (χ4v) is 9.69. The maximum atomic E-state index is 6.85. The van der Waals surface area contributed by atoms with Crippen molar-refractivity contribution in [3.05, 3.63) is 170 Å². The van der Waals surface area contributed by atoms with Crippen LogP contribution in [0.5, 0.6) is 0 Å². The van der Waals surface area contributed by atoms with Crippen molar-refractivity contribution in [2.75, 3.05) is 0 Å². The molecule has 3 nitrogen and oxygen atoms in total. The third-order valence-electron chi connectivity index (χ3n) is 11.8. The Morgan fingerprint density at radius 2 is 0.887 bits per heavy atom. The zero-order chi connectivity index (χ0) is 34.4. The molecule has 1 aliphatic rings. The molecule has 0 unspecified atom stereocenters. The van der Waals surface area contributed by atoms with Gasteiger partial charge in [-0.05, 0) is 63.4 Å². The molecule has 3 aromatic heterocycles. The fraction of sp³-hybridized carbons (Fsp3) is 0. The van der Waals surface area contributed by atoms with Gasteiger partial charge in [-0.15, -0.1) is 0 Å². The monoisotopic (exact) mass is 672 g/mol. The Balaban J connectivity index is 1.28. The number of benzene rings is 9. The Morgan fingerprint density at radius 3 is 1.75 bits per heavy atom. The van der Waals surface area contributed by atoms with E-state index >= 15 is 0 Å². The summed E-state index contributed by atoms with van der Waals surface area (Å²) in [6.45, 7) is 0. The van der Waals surface area contributed by atoms with Crippen LogP contribution in [-0.4, -0.2) is 9.13 Å². The van der Waals surface area contributed by atoms with Crippen molar-refractivity contribution in [2.24, 2.45) is 0 Å². The van der Waals surface area contributed by atoms with Gasteiger partial charge in [-0.25, -0.2) is 0 Å². The van der Waals surface area contributed by atoms with Crippen molar-refractivity contribution >= 4 is 87.1 Å². The van der Waals surface area contributed by atoms with Gasteiger partial charge in [0.15, 0.2) is 5.58 Å². The van der Waals surface area contributed by atoms with Crippen molar-refractivity contribution in [3.63, 3.8) is 0 Å². The summed E-state index contributed by atoms with van der Waals surface area (Å²) >= 11 is 0. The van der Waals surface area contributed by atoms with E-state index in [-0.39, 0.29) is 0 Å². The normalized spacial score (nSPS) is 12.5. The second-order valence-electron chi connectivity index (χ2n) is 14.4. The molecule has 0 aliphatic heterocycles. The molecular weight excluding hydrogens is 645 g/mol. The van der Waals surface area contributed by atoms with Gasteiger partial charge in [0, 0.05) is 43.1 Å². The van der Waals surface area contributed by atoms with E-state index in [0.717, 1.165) is 33.1 Å². The highest BCUT2D eigenvalue weighted by Crippen LogP contribution is 2.50. The molecule has 12 aromatic rings. The topological polar surface area (TPSA) is 23.0 Å². The van der Waals surface area contributed by atoms with Gasteiger partial charge in [0.1, 0.15) is 5.58 Å². The highest BCUT2D eigenvalue weighted by atomic mass is 16.3. The van der Waals surface area contributed by atoms with Crippen LogP contribution in [0.1, 0.15) is 0 Å². The predicted octanol–water partition coefficient (Wildman–Crippen LogP) is 13.7. The van der Waals surface area contributed by atoms with Crippen LogP contribution >= 0.6 is 0 Å². The Bertz CT molecular complexity index is 3540. The first kappa shape index (κ1) is 27.6. The third-order valence-corrected chi connectivity index (χ3v) is 11.8. The minimum Gasteiger partial charge on any atom is -0.454 e. The van der Waals surface area contributed by atoms with Crippen LogP contribution in [0.3, 0.4) is 0 Å². The number of hydrogen-bond donors (Lipinski definition) is 0. The van der Waals surface area contributed by atoms with Crippen LogP contribution in [-0.2, 0) is 0 Å². The predicted molar refractivity (Wildman–Crippen MR) is 222 cm³/mol. The summed E-state index contributed by atoms with van der Waals surface area (Å²) in [6.07, 6.45) is 0. The van der Waals surface area contributed by atoms with Gasteiger partial charge in [0.05, 0.1) is 33.4 Å². The van der Waals surface area contributed by atoms with E-state index in [2.05, 4.69) is 179 Å². The first-order valence-corrected chi connectivity index (χ1v) is 18.3. The maximum Gasteiger partial charge on any atom is 0.160 e. The van der Waals surface area contributed by atoms with Crippen LogP contribution < -0.4 is 0 Å². The lowest BCUT2D eigenvalue weighted by Crippen LogP contribution is -2.00. The molecule has 0 atom stereocenters. The van der Waals surface area contributed by atoms with E-state index in [1.165, 1.54) is 87.6 Å². The molecular formula is C50H28N2O. The van der Waals surface area contributed by atoms with Crippen molar-refractivity contribution < 1.29 is 4.42 Å². The van der Waals surface area contributed by atoms with Crippen LogP contribution in [0.2, 0.25) is 0 Å². The number of nitrogens with zero attached hydrogens (tertiary/aromatic N) is 2. The number of fused-ring (bicyclic) bond motifs is 15. The molecule has 0 N–H and O–H groups in total. The minimum atomic E-state index is 0.901. The zero-order valence-corrected chi connectivity index (χ0v) is 28.5. The molecule has 244 valence electrons. The molecule has 3 heterocycles. The molecule has 0 radical (unpaired) electrons. The fourth-order valence-electron chi connectivity index (χ4n) is 9.69. The van der Waals surface area contributed by atoms with Crippen LogP contribution in [0.4, 0.5) is 0 Å². The molecule has 3 heteroatoms. The number of furan rings is 1. The van der Waals surface area contributed by atoms with Crippen LogP contribution in [0.25, 0.3) is 121 Å². The highest BCUT2D eigenvalue weighted by molar-refractivity contribution is 6.29. The molecule has 0 saturated carbocycles. The van der Waals surface area contributed by atoms with E-state index < -0.39 is 0 Å². The minimum absolute atomic E-state index is 0.901. The lowest BCUT2D eigenvalue weighted by molar-refractivity contribution is 0.671. The Hall–Kier alpha value is -7.10. The number of hydrogen-bond acceptors (Lipinski definition) is 1. The summed E-state index contributed by atoms with van der Waals surface area (Å²) in [7, 11) is 0. The first-order valence-electron chi connectivity index (χ1n) is 18.3. The summed E-state index contributed by atoms with van der Waals surface area (Å²) in [4.78, 5) is 0. The van der Waals surface area contributed by atoms with Crippen molar-refractivity contribution in [1.82, 2.24) is 9.13 Å². The number of aromatic nitrogens is 2.